The summed E-state index contributed by atoms with van der Waals surface area (Å²) in [5.41, 5.74) is -0.484. The minimum absolute atomic E-state index is 0.0320. The molecule has 0 unspecified atom stereocenters. The lowest BCUT2D eigenvalue weighted by Gasteiger charge is -2.38. The van der Waals surface area contributed by atoms with E-state index in [9.17, 15) is 4.79 Å². The second kappa shape index (κ2) is 4.81. The molecule has 0 saturated carbocycles. The number of aliphatic hydroxyl groups excluding tert-OH is 1. The molecule has 1 saturated heterocycles. The highest BCUT2D eigenvalue weighted by molar-refractivity contribution is 5.68. The van der Waals surface area contributed by atoms with Gasteiger partial charge in [-0.05, 0) is 20.8 Å². The highest BCUT2D eigenvalue weighted by atomic mass is 16.6. The fourth-order valence-electron chi connectivity index (χ4n) is 1.35. The molecule has 0 aromatic rings. The number of carbonyl (C=O) groups excluding carboxylic acids is 1. The van der Waals surface area contributed by atoms with Gasteiger partial charge in [0.25, 0.3) is 0 Å². The van der Waals surface area contributed by atoms with Gasteiger partial charge in [0.05, 0.1) is 12.6 Å². The van der Waals surface area contributed by atoms with Gasteiger partial charge in [-0.15, -0.1) is 0 Å². The topological polar surface area (TPSA) is 61.8 Å². The van der Waals surface area contributed by atoms with Gasteiger partial charge in [0.1, 0.15) is 5.60 Å². The number of hydrogen-bond donors (Lipinski definition) is 2. The third kappa shape index (κ3) is 3.68. The van der Waals surface area contributed by atoms with Gasteiger partial charge in [0, 0.05) is 19.6 Å². The molecule has 1 fully saturated rings. The van der Waals surface area contributed by atoms with Crippen LogP contribution in [0.15, 0.2) is 0 Å². The first kappa shape index (κ1) is 12.3. The van der Waals surface area contributed by atoms with Crippen LogP contribution in [-0.2, 0) is 4.74 Å². The zero-order chi connectivity index (χ0) is 11.5. The van der Waals surface area contributed by atoms with Crippen molar-refractivity contribution in [3.05, 3.63) is 0 Å². The molecule has 1 aliphatic rings. The van der Waals surface area contributed by atoms with E-state index in [4.69, 9.17) is 9.84 Å². The first-order chi connectivity index (χ1) is 6.94. The van der Waals surface area contributed by atoms with Gasteiger partial charge in [0.2, 0.25) is 0 Å². The van der Waals surface area contributed by atoms with Gasteiger partial charge >= 0.3 is 6.09 Å². The number of amides is 1. The van der Waals surface area contributed by atoms with Gasteiger partial charge in [-0.2, -0.15) is 0 Å². The van der Waals surface area contributed by atoms with Crippen molar-refractivity contribution >= 4 is 6.09 Å². The Balaban J connectivity index is 2.50. The average Bonchev–Trinajstić information content (AvgIpc) is 1.96. The largest absolute Gasteiger partial charge is 0.444 e. The van der Waals surface area contributed by atoms with Gasteiger partial charge in [0.15, 0.2) is 0 Å². The van der Waals surface area contributed by atoms with Crippen molar-refractivity contribution in [2.75, 3.05) is 26.2 Å². The Morgan fingerprint density at radius 3 is 2.47 bits per heavy atom. The van der Waals surface area contributed by atoms with Crippen LogP contribution in [0.25, 0.3) is 0 Å². The number of nitrogens with one attached hydrogen (secondary N) is 1. The van der Waals surface area contributed by atoms with E-state index in [1.165, 1.54) is 0 Å². The maximum Gasteiger partial charge on any atom is 0.410 e. The Morgan fingerprint density at radius 1 is 1.53 bits per heavy atom. The van der Waals surface area contributed by atoms with Crippen LogP contribution in [0, 0.1) is 0 Å². The predicted octanol–water partition coefficient (Wildman–Crippen LogP) is 0.188. The van der Waals surface area contributed by atoms with Gasteiger partial charge < -0.3 is 20.1 Å². The Bertz CT molecular complexity index is 221. The second-order valence-corrected chi connectivity index (χ2v) is 4.71. The number of rotatable bonds is 3. The number of ether oxygens (including phenoxy) is 1. The molecule has 0 radical (unpaired) electrons. The smallest absolute Gasteiger partial charge is 0.410 e. The van der Waals surface area contributed by atoms with E-state index in [0.29, 0.717) is 6.54 Å². The lowest BCUT2D eigenvalue weighted by Crippen LogP contribution is -2.60. The summed E-state index contributed by atoms with van der Waals surface area (Å²) in [6, 6.07) is 0.159. The van der Waals surface area contributed by atoms with Crippen molar-refractivity contribution in [2.24, 2.45) is 0 Å². The summed E-state index contributed by atoms with van der Waals surface area (Å²) in [6.07, 6.45) is -0.344. The highest BCUT2D eigenvalue weighted by Crippen LogP contribution is 2.13. The first-order valence-electron chi connectivity index (χ1n) is 5.25. The monoisotopic (exact) mass is 216 g/mol. The fourth-order valence-corrected chi connectivity index (χ4v) is 1.35. The SMILES string of the molecule is CC(C)(C)OC(=O)N(CCO)C1CNC1. The summed E-state index contributed by atoms with van der Waals surface area (Å²) in [4.78, 5) is 13.3. The van der Waals surface area contributed by atoms with E-state index < -0.39 is 5.60 Å². The molecule has 1 amide bonds. The zero-order valence-corrected chi connectivity index (χ0v) is 9.62. The van der Waals surface area contributed by atoms with Crippen LogP contribution >= 0.6 is 0 Å². The summed E-state index contributed by atoms with van der Waals surface area (Å²) < 4.78 is 5.26. The van der Waals surface area contributed by atoms with Gasteiger partial charge in [-0.3, -0.25) is 0 Å². The summed E-state index contributed by atoms with van der Waals surface area (Å²) in [6.45, 7) is 7.36. The summed E-state index contributed by atoms with van der Waals surface area (Å²) >= 11 is 0. The number of carbonyl (C=O) groups is 1. The van der Waals surface area contributed by atoms with Crippen LogP contribution in [0.2, 0.25) is 0 Å². The summed E-state index contributed by atoms with van der Waals surface area (Å²) in [7, 11) is 0. The van der Waals surface area contributed by atoms with E-state index in [-0.39, 0.29) is 18.7 Å². The molecule has 0 spiro atoms. The Labute approximate surface area is 90.4 Å². The van der Waals surface area contributed by atoms with Crippen molar-refractivity contribution in [2.45, 2.75) is 32.4 Å². The second-order valence-electron chi connectivity index (χ2n) is 4.71. The standard InChI is InChI=1S/C10H20N2O3/c1-10(2,3)15-9(14)12(4-5-13)8-6-11-7-8/h8,11,13H,4-7H2,1-3H3. The minimum Gasteiger partial charge on any atom is -0.444 e. The van der Waals surface area contributed by atoms with Crippen LogP contribution in [0.1, 0.15) is 20.8 Å². The van der Waals surface area contributed by atoms with E-state index in [0.717, 1.165) is 13.1 Å². The third-order valence-electron chi connectivity index (χ3n) is 2.17. The molecular weight excluding hydrogens is 196 g/mol. The molecule has 0 atom stereocenters. The molecular formula is C10H20N2O3. The lowest BCUT2D eigenvalue weighted by molar-refractivity contribution is 0.00643. The van der Waals surface area contributed by atoms with Crippen LogP contribution in [-0.4, -0.2) is 54.0 Å². The molecule has 2 N–H and O–H groups in total. The van der Waals surface area contributed by atoms with E-state index in [2.05, 4.69) is 5.32 Å². The Kier molecular flexibility index (Phi) is 3.93. The van der Waals surface area contributed by atoms with Crippen LogP contribution in [0.5, 0.6) is 0 Å². The number of nitrogens with zero attached hydrogens (tertiary/aromatic N) is 1. The fraction of sp³-hybridized carbons (Fsp3) is 0.900. The average molecular weight is 216 g/mol. The summed E-state index contributed by atoms with van der Waals surface area (Å²) in [5.74, 6) is 0. The zero-order valence-electron chi connectivity index (χ0n) is 9.62. The molecule has 0 aliphatic carbocycles. The van der Waals surface area contributed by atoms with Crippen molar-refractivity contribution < 1.29 is 14.6 Å². The normalized spacial score (nSPS) is 17.1. The summed E-state index contributed by atoms with van der Waals surface area (Å²) in [5, 5.41) is 12.0. The number of aliphatic hydroxyl groups is 1. The van der Waals surface area contributed by atoms with Crippen LogP contribution in [0.3, 0.4) is 0 Å². The van der Waals surface area contributed by atoms with Crippen molar-refractivity contribution in [3.63, 3.8) is 0 Å². The molecule has 0 aromatic carbocycles. The molecule has 1 rings (SSSR count). The molecule has 5 heteroatoms. The quantitative estimate of drug-likeness (QED) is 0.707. The van der Waals surface area contributed by atoms with E-state index in [1.54, 1.807) is 4.90 Å². The van der Waals surface area contributed by atoms with Crippen LogP contribution in [0.4, 0.5) is 4.79 Å². The minimum atomic E-state index is -0.484. The maximum absolute atomic E-state index is 11.7. The maximum atomic E-state index is 11.7. The molecule has 15 heavy (non-hydrogen) atoms. The molecule has 0 bridgehead atoms. The molecule has 88 valence electrons. The molecule has 1 heterocycles. The highest BCUT2D eigenvalue weighted by Gasteiger charge is 2.31. The number of hydrogen-bond acceptors (Lipinski definition) is 4. The Hall–Kier alpha value is -0.810. The Morgan fingerprint density at radius 2 is 2.13 bits per heavy atom. The van der Waals surface area contributed by atoms with Crippen molar-refractivity contribution in [1.82, 2.24) is 10.2 Å². The molecule has 5 nitrogen and oxygen atoms in total. The predicted molar refractivity (Wildman–Crippen MR) is 56.7 cm³/mol. The lowest BCUT2D eigenvalue weighted by atomic mass is 10.1. The van der Waals surface area contributed by atoms with Gasteiger partial charge in [-0.1, -0.05) is 0 Å². The van der Waals surface area contributed by atoms with Crippen molar-refractivity contribution in [1.29, 1.82) is 0 Å². The first-order valence-corrected chi connectivity index (χ1v) is 5.25. The molecule has 1 aliphatic heterocycles. The van der Waals surface area contributed by atoms with Gasteiger partial charge in [-0.25, -0.2) is 4.79 Å². The van der Waals surface area contributed by atoms with Crippen molar-refractivity contribution in [3.8, 4) is 0 Å². The van der Waals surface area contributed by atoms with E-state index >= 15 is 0 Å². The third-order valence-corrected chi connectivity index (χ3v) is 2.17. The molecule has 0 aromatic heterocycles. The van der Waals surface area contributed by atoms with Crippen LogP contribution < -0.4 is 5.32 Å². The van der Waals surface area contributed by atoms with E-state index in [1.807, 2.05) is 20.8 Å².